The molecular weight excluding hydrogens is 363 g/mol. The second-order valence-corrected chi connectivity index (χ2v) is 5.58. The molecule has 0 bridgehead atoms. The highest BCUT2D eigenvalue weighted by Crippen LogP contribution is 2.28. The number of urea groups is 1. The number of benzene rings is 2. The van der Waals surface area contributed by atoms with Gasteiger partial charge in [-0.3, -0.25) is 4.79 Å². The second kappa shape index (κ2) is 8.93. The summed E-state index contributed by atoms with van der Waals surface area (Å²) in [5, 5.41) is 4.73. The van der Waals surface area contributed by atoms with Gasteiger partial charge in [-0.05, 0) is 24.3 Å². The highest BCUT2D eigenvalue weighted by atomic mass is 19.4. The van der Waals surface area contributed by atoms with Crippen LogP contribution in [0.3, 0.4) is 0 Å². The lowest BCUT2D eigenvalue weighted by Crippen LogP contribution is -2.43. The van der Waals surface area contributed by atoms with E-state index >= 15 is 0 Å². The zero-order valence-corrected chi connectivity index (χ0v) is 14.4. The number of ether oxygens (including phenoxy) is 1. The fourth-order valence-corrected chi connectivity index (χ4v) is 2.09. The summed E-state index contributed by atoms with van der Waals surface area (Å²) < 4.78 is 42.5. The van der Waals surface area contributed by atoms with Crippen LogP contribution in [-0.2, 0) is 4.79 Å². The maximum absolute atomic E-state index is 12.3. The summed E-state index contributed by atoms with van der Waals surface area (Å²) in [4.78, 5) is 24.1. The van der Waals surface area contributed by atoms with Gasteiger partial charge in [-0.2, -0.15) is 13.2 Å². The van der Waals surface area contributed by atoms with Gasteiger partial charge in [-0.15, -0.1) is 0 Å². The normalized spacial score (nSPS) is 10.8. The minimum absolute atomic E-state index is 0.343. The topological polar surface area (TPSA) is 70.7 Å². The number of nitrogens with one attached hydrogen (secondary N) is 2. The lowest BCUT2D eigenvalue weighted by atomic mass is 10.3. The van der Waals surface area contributed by atoms with Crippen LogP contribution >= 0.6 is 0 Å². The van der Waals surface area contributed by atoms with Crippen LogP contribution in [0.25, 0.3) is 0 Å². The number of likely N-dealkylation sites (N-methyl/N-ethyl adjacent to an activating group) is 1. The van der Waals surface area contributed by atoms with Crippen LogP contribution in [0.4, 0.5) is 23.7 Å². The zero-order chi connectivity index (χ0) is 19.9. The molecule has 3 amide bonds. The number of para-hydroxylation sites is 3. The summed E-state index contributed by atoms with van der Waals surface area (Å²) in [6.07, 6.45) is -4.50. The van der Waals surface area contributed by atoms with Crippen molar-refractivity contribution in [2.75, 3.05) is 25.5 Å². The van der Waals surface area contributed by atoms with Crippen molar-refractivity contribution in [2.24, 2.45) is 0 Å². The van der Waals surface area contributed by atoms with E-state index in [1.54, 1.807) is 48.5 Å². The molecule has 0 atom stereocenters. The Labute approximate surface area is 153 Å². The number of rotatable bonds is 6. The molecule has 0 saturated heterocycles. The Morgan fingerprint density at radius 3 is 2.33 bits per heavy atom. The molecule has 0 heterocycles. The molecule has 9 heteroatoms. The maximum atomic E-state index is 12.3. The summed E-state index contributed by atoms with van der Waals surface area (Å²) in [6, 6.07) is 14.8. The lowest BCUT2D eigenvalue weighted by Gasteiger charge is -2.19. The van der Waals surface area contributed by atoms with Crippen molar-refractivity contribution in [3.05, 3.63) is 54.6 Å². The SMILES string of the molecule is CN(CC(F)(F)F)C(=O)CNC(=O)Nc1ccccc1Oc1ccccc1. The first-order chi connectivity index (χ1) is 12.7. The van der Waals surface area contributed by atoms with Crippen LogP contribution in [0.5, 0.6) is 11.5 Å². The Bertz CT molecular complexity index is 782. The molecule has 2 rings (SSSR count). The quantitative estimate of drug-likeness (QED) is 0.803. The number of anilines is 1. The van der Waals surface area contributed by atoms with Gasteiger partial charge in [-0.1, -0.05) is 30.3 Å². The molecule has 2 aromatic carbocycles. The van der Waals surface area contributed by atoms with Gasteiger partial charge in [-0.25, -0.2) is 4.79 Å². The highest BCUT2D eigenvalue weighted by Gasteiger charge is 2.31. The van der Waals surface area contributed by atoms with Gasteiger partial charge in [0.2, 0.25) is 5.91 Å². The molecule has 0 spiro atoms. The van der Waals surface area contributed by atoms with E-state index in [1.165, 1.54) is 0 Å². The predicted molar refractivity (Wildman–Crippen MR) is 93.7 cm³/mol. The first kappa shape index (κ1) is 20.1. The second-order valence-electron chi connectivity index (χ2n) is 5.58. The Hall–Kier alpha value is -3.23. The molecule has 0 aliphatic rings. The van der Waals surface area contributed by atoms with Crippen LogP contribution < -0.4 is 15.4 Å². The van der Waals surface area contributed by atoms with Gasteiger partial charge in [0.05, 0.1) is 12.2 Å². The van der Waals surface area contributed by atoms with Crippen molar-refractivity contribution < 1.29 is 27.5 Å². The first-order valence-electron chi connectivity index (χ1n) is 7.92. The van der Waals surface area contributed by atoms with Crippen molar-refractivity contribution >= 4 is 17.6 Å². The summed E-state index contributed by atoms with van der Waals surface area (Å²) >= 11 is 0. The number of alkyl halides is 3. The van der Waals surface area contributed by atoms with Crippen LogP contribution in [0.2, 0.25) is 0 Å². The number of carbonyl (C=O) groups is 2. The number of halogens is 3. The summed E-state index contributed by atoms with van der Waals surface area (Å²) in [5.74, 6) is 0.0757. The van der Waals surface area contributed by atoms with Crippen molar-refractivity contribution in [3.8, 4) is 11.5 Å². The summed E-state index contributed by atoms with van der Waals surface area (Å²) in [7, 11) is 1.01. The average molecular weight is 381 g/mol. The minimum Gasteiger partial charge on any atom is -0.455 e. The number of hydrogen-bond acceptors (Lipinski definition) is 3. The van der Waals surface area contributed by atoms with Crippen LogP contribution in [0.15, 0.2) is 54.6 Å². The minimum atomic E-state index is -4.50. The maximum Gasteiger partial charge on any atom is 0.406 e. The van der Waals surface area contributed by atoms with Crippen LogP contribution in [-0.4, -0.2) is 43.2 Å². The van der Waals surface area contributed by atoms with Gasteiger partial charge in [0.1, 0.15) is 12.3 Å². The number of amides is 3. The predicted octanol–water partition coefficient (Wildman–Crippen LogP) is 3.62. The molecule has 0 fully saturated rings. The smallest absolute Gasteiger partial charge is 0.406 e. The molecule has 0 radical (unpaired) electrons. The van der Waals surface area contributed by atoms with E-state index < -0.39 is 31.2 Å². The molecule has 0 unspecified atom stereocenters. The van der Waals surface area contributed by atoms with Gasteiger partial charge < -0.3 is 20.3 Å². The van der Waals surface area contributed by atoms with Crippen LogP contribution in [0.1, 0.15) is 0 Å². The third kappa shape index (κ3) is 6.89. The van der Waals surface area contributed by atoms with E-state index in [0.29, 0.717) is 22.1 Å². The first-order valence-corrected chi connectivity index (χ1v) is 7.92. The number of carbonyl (C=O) groups excluding carboxylic acids is 2. The highest BCUT2D eigenvalue weighted by molar-refractivity contribution is 5.93. The van der Waals surface area contributed by atoms with E-state index in [0.717, 1.165) is 7.05 Å². The molecule has 0 aliphatic carbocycles. The number of hydrogen-bond donors (Lipinski definition) is 2. The molecule has 0 aliphatic heterocycles. The molecular formula is C18H18F3N3O3. The molecule has 2 N–H and O–H groups in total. The molecule has 0 aromatic heterocycles. The van der Waals surface area contributed by atoms with Crippen molar-refractivity contribution in [1.82, 2.24) is 10.2 Å². The van der Waals surface area contributed by atoms with Crippen molar-refractivity contribution in [1.29, 1.82) is 0 Å². The molecule has 144 valence electrons. The Morgan fingerprint density at radius 1 is 1.04 bits per heavy atom. The van der Waals surface area contributed by atoms with Gasteiger partial charge in [0.25, 0.3) is 0 Å². The lowest BCUT2D eigenvalue weighted by molar-refractivity contribution is -0.157. The van der Waals surface area contributed by atoms with E-state index in [9.17, 15) is 22.8 Å². The van der Waals surface area contributed by atoms with Crippen LogP contribution in [0, 0.1) is 0 Å². The third-order valence-electron chi connectivity index (χ3n) is 3.35. The fourth-order valence-electron chi connectivity index (χ4n) is 2.09. The molecule has 27 heavy (non-hydrogen) atoms. The molecule has 2 aromatic rings. The van der Waals surface area contributed by atoms with E-state index in [2.05, 4.69) is 10.6 Å². The van der Waals surface area contributed by atoms with Gasteiger partial charge in [0.15, 0.2) is 5.75 Å². The number of nitrogens with zero attached hydrogens (tertiary/aromatic N) is 1. The summed E-state index contributed by atoms with van der Waals surface area (Å²) in [5.41, 5.74) is 0.343. The average Bonchev–Trinajstić information content (AvgIpc) is 2.61. The molecule has 6 nitrogen and oxygen atoms in total. The largest absolute Gasteiger partial charge is 0.455 e. The van der Waals surface area contributed by atoms with E-state index in [-0.39, 0.29) is 0 Å². The summed E-state index contributed by atoms with van der Waals surface area (Å²) in [6.45, 7) is -1.96. The zero-order valence-electron chi connectivity index (χ0n) is 14.4. The standard InChI is InChI=1S/C18H18F3N3O3/c1-24(12-18(19,20)21)16(25)11-22-17(26)23-14-9-5-6-10-15(14)27-13-7-3-2-4-8-13/h2-10H,11-12H2,1H3,(H2,22,23,26). The van der Waals surface area contributed by atoms with E-state index in [1.807, 2.05) is 6.07 Å². The third-order valence-corrected chi connectivity index (χ3v) is 3.35. The Balaban J connectivity index is 1.91. The van der Waals surface area contributed by atoms with Crippen molar-refractivity contribution in [2.45, 2.75) is 6.18 Å². The monoisotopic (exact) mass is 381 g/mol. The van der Waals surface area contributed by atoms with Crippen molar-refractivity contribution in [3.63, 3.8) is 0 Å². The fraction of sp³-hybridized carbons (Fsp3) is 0.222. The van der Waals surface area contributed by atoms with E-state index in [4.69, 9.17) is 4.74 Å². The Morgan fingerprint density at radius 2 is 1.67 bits per heavy atom. The Kier molecular flexibility index (Phi) is 6.64. The van der Waals surface area contributed by atoms with Gasteiger partial charge in [0, 0.05) is 7.05 Å². The molecule has 0 saturated carbocycles. The van der Waals surface area contributed by atoms with Gasteiger partial charge >= 0.3 is 12.2 Å².